The molecule has 0 saturated heterocycles. The maximum atomic E-state index is 14.4. The molecule has 3 rings (SSSR count). The SMILES string of the molecule is NC(=O)On1cc(-c2cc(F)c(C(N)=O)cc2F)c2ccccc21. The normalized spacial score (nSPS) is 10.8. The first-order valence-corrected chi connectivity index (χ1v) is 6.75. The lowest BCUT2D eigenvalue weighted by atomic mass is 10.0. The average Bonchev–Trinajstić information content (AvgIpc) is 2.87. The number of carbonyl (C=O) groups is 2. The first kappa shape index (κ1) is 15.5. The number of halogens is 2. The number of hydrogen-bond acceptors (Lipinski definition) is 3. The predicted molar refractivity (Wildman–Crippen MR) is 82.0 cm³/mol. The summed E-state index contributed by atoms with van der Waals surface area (Å²) in [5.74, 6) is -2.86. The standard InChI is InChI=1S/C16H11F2N3O3/c17-12-6-10(15(19)22)13(18)5-9(12)11-7-21(24-16(20)23)14-4-2-1-3-8(11)14/h1-7H,(H2,19,22)(H2,20,23). The number of amides is 2. The number of carbonyl (C=O) groups excluding carboxylic acids is 2. The third-order valence-corrected chi connectivity index (χ3v) is 3.48. The fraction of sp³-hybridized carbons (Fsp3) is 0. The Labute approximate surface area is 134 Å². The van der Waals surface area contributed by atoms with Gasteiger partial charge in [-0.1, -0.05) is 18.2 Å². The van der Waals surface area contributed by atoms with Crippen molar-refractivity contribution in [3.05, 3.63) is 59.8 Å². The molecule has 24 heavy (non-hydrogen) atoms. The van der Waals surface area contributed by atoms with Gasteiger partial charge in [0.2, 0.25) is 0 Å². The van der Waals surface area contributed by atoms with Crippen LogP contribution in [0.2, 0.25) is 0 Å². The number of fused-ring (bicyclic) bond motifs is 1. The molecule has 0 aliphatic carbocycles. The van der Waals surface area contributed by atoms with E-state index in [4.69, 9.17) is 16.3 Å². The Bertz CT molecular complexity index is 982. The minimum Gasteiger partial charge on any atom is -0.366 e. The Hall–Kier alpha value is -3.42. The summed E-state index contributed by atoms with van der Waals surface area (Å²) < 4.78 is 29.4. The number of rotatable bonds is 3. The van der Waals surface area contributed by atoms with Gasteiger partial charge in [0.15, 0.2) is 0 Å². The van der Waals surface area contributed by atoms with Crippen LogP contribution in [0.3, 0.4) is 0 Å². The average molecular weight is 331 g/mol. The van der Waals surface area contributed by atoms with Crippen LogP contribution in [0.1, 0.15) is 10.4 Å². The van der Waals surface area contributed by atoms with Gasteiger partial charge in [-0.3, -0.25) is 4.79 Å². The molecule has 1 heterocycles. The first-order valence-electron chi connectivity index (χ1n) is 6.75. The summed E-state index contributed by atoms with van der Waals surface area (Å²) in [7, 11) is 0. The van der Waals surface area contributed by atoms with Gasteiger partial charge in [0, 0.05) is 16.5 Å². The van der Waals surface area contributed by atoms with Gasteiger partial charge >= 0.3 is 6.09 Å². The second kappa shape index (κ2) is 5.65. The molecular weight excluding hydrogens is 320 g/mol. The van der Waals surface area contributed by atoms with Crippen LogP contribution in [0.4, 0.5) is 13.6 Å². The van der Waals surface area contributed by atoms with Gasteiger partial charge < -0.3 is 16.3 Å². The number of hydrogen-bond donors (Lipinski definition) is 2. The minimum atomic E-state index is -1.07. The molecule has 0 unspecified atom stereocenters. The number of nitrogens with two attached hydrogens (primary N) is 2. The van der Waals surface area contributed by atoms with Crippen molar-refractivity contribution >= 4 is 22.9 Å². The highest BCUT2D eigenvalue weighted by Crippen LogP contribution is 2.33. The van der Waals surface area contributed by atoms with Crippen LogP contribution in [0.25, 0.3) is 22.0 Å². The quantitative estimate of drug-likeness (QED) is 0.769. The van der Waals surface area contributed by atoms with E-state index in [0.717, 1.165) is 16.9 Å². The lowest BCUT2D eigenvalue weighted by molar-refractivity contribution is 0.0996. The molecule has 0 bridgehead atoms. The molecule has 0 aliphatic rings. The van der Waals surface area contributed by atoms with Gasteiger partial charge in [0.1, 0.15) is 11.6 Å². The van der Waals surface area contributed by atoms with Gasteiger partial charge in [-0.15, -0.1) is 0 Å². The minimum absolute atomic E-state index is 0.111. The summed E-state index contributed by atoms with van der Waals surface area (Å²) >= 11 is 0. The fourth-order valence-electron chi connectivity index (χ4n) is 2.48. The zero-order valence-corrected chi connectivity index (χ0v) is 12.1. The maximum Gasteiger partial charge on any atom is 0.429 e. The molecule has 0 radical (unpaired) electrons. The monoisotopic (exact) mass is 331 g/mol. The van der Waals surface area contributed by atoms with Crippen molar-refractivity contribution in [1.29, 1.82) is 0 Å². The Kier molecular flexibility index (Phi) is 3.64. The Balaban J connectivity index is 2.25. The Morgan fingerprint density at radius 3 is 2.38 bits per heavy atom. The van der Waals surface area contributed by atoms with Crippen LogP contribution in [-0.4, -0.2) is 16.7 Å². The zero-order valence-electron chi connectivity index (χ0n) is 12.1. The van der Waals surface area contributed by atoms with E-state index in [9.17, 15) is 18.4 Å². The van der Waals surface area contributed by atoms with E-state index in [2.05, 4.69) is 0 Å². The molecule has 0 aliphatic heterocycles. The van der Waals surface area contributed by atoms with E-state index < -0.39 is 29.2 Å². The molecule has 122 valence electrons. The van der Waals surface area contributed by atoms with Gasteiger partial charge in [0.25, 0.3) is 5.91 Å². The summed E-state index contributed by atoms with van der Waals surface area (Å²) in [5.41, 5.74) is 10.0. The van der Waals surface area contributed by atoms with E-state index in [-0.39, 0.29) is 11.1 Å². The number of aromatic nitrogens is 1. The highest BCUT2D eigenvalue weighted by Gasteiger charge is 2.19. The first-order chi connectivity index (χ1) is 11.4. The molecule has 4 N–H and O–H groups in total. The Morgan fingerprint density at radius 2 is 1.71 bits per heavy atom. The molecule has 0 saturated carbocycles. The maximum absolute atomic E-state index is 14.4. The number of primary amides is 2. The molecule has 0 fully saturated rings. The third kappa shape index (κ3) is 2.54. The molecule has 0 atom stereocenters. The summed E-state index contributed by atoms with van der Waals surface area (Å²) in [4.78, 5) is 26.9. The number of para-hydroxylation sites is 1. The highest BCUT2D eigenvalue weighted by atomic mass is 19.1. The van der Waals surface area contributed by atoms with Crippen molar-refractivity contribution in [1.82, 2.24) is 4.73 Å². The molecule has 2 aromatic carbocycles. The molecule has 2 amide bonds. The van der Waals surface area contributed by atoms with Gasteiger partial charge in [-0.25, -0.2) is 13.6 Å². The van der Waals surface area contributed by atoms with Crippen molar-refractivity contribution in [2.75, 3.05) is 0 Å². The zero-order chi connectivity index (χ0) is 17.4. The van der Waals surface area contributed by atoms with E-state index in [0.29, 0.717) is 10.9 Å². The van der Waals surface area contributed by atoms with Crippen LogP contribution in [0, 0.1) is 11.6 Å². The molecular formula is C16H11F2N3O3. The van der Waals surface area contributed by atoms with E-state index in [1.165, 1.54) is 6.20 Å². The van der Waals surface area contributed by atoms with Crippen molar-refractivity contribution in [3.8, 4) is 11.1 Å². The van der Waals surface area contributed by atoms with E-state index in [1.54, 1.807) is 24.3 Å². The Morgan fingerprint density at radius 1 is 1.00 bits per heavy atom. The summed E-state index contributed by atoms with van der Waals surface area (Å²) in [5, 5.41) is 0.504. The van der Waals surface area contributed by atoms with E-state index in [1.807, 2.05) is 0 Å². The molecule has 6 nitrogen and oxygen atoms in total. The molecule has 3 aromatic rings. The van der Waals surface area contributed by atoms with Crippen LogP contribution >= 0.6 is 0 Å². The van der Waals surface area contributed by atoms with Crippen molar-refractivity contribution in [3.63, 3.8) is 0 Å². The van der Waals surface area contributed by atoms with Crippen LogP contribution in [0.5, 0.6) is 0 Å². The van der Waals surface area contributed by atoms with Crippen LogP contribution < -0.4 is 16.3 Å². The lowest BCUT2D eigenvalue weighted by Crippen LogP contribution is -2.24. The molecule has 1 aromatic heterocycles. The lowest BCUT2D eigenvalue weighted by Gasteiger charge is -2.05. The summed E-state index contributed by atoms with van der Waals surface area (Å²) in [6.07, 6.45) is 0.245. The fourth-order valence-corrected chi connectivity index (χ4v) is 2.48. The smallest absolute Gasteiger partial charge is 0.366 e. The van der Waals surface area contributed by atoms with Gasteiger partial charge in [-0.05, 0) is 18.2 Å². The number of benzene rings is 2. The number of nitrogens with zero attached hydrogens (tertiary/aromatic N) is 1. The van der Waals surface area contributed by atoms with Crippen LogP contribution in [-0.2, 0) is 0 Å². The summed E-state index contributed by atoms with van der Waals surface area (Å²) in [6, 6.07) is 8.23. The van der Waals surface area contributed by atoms with Crippen molar-refractivity contribution < 1.29 is 23.2 Å². The van der Waals surface area contributed by atoms with Gasteiger partial charge in [-0.2, -0.15) is 4.73 Å². The van der Waals surface area contributed by atoms with E-state index >= 15 is 0 Å². The van der Waals surface area contributed by atoms with Crippen molar-refractivity contribution in [2.45, 2.75) is 0 Å². The van der Waals surface area contributed by atoms with Crippen LogP contribution in [0.15, 0.2) is 42.6 Å². The topological polar surface area (TPSA) is 100 Å². The highest BCUT2D eigenvalue weighted by molar-refractivity contribution is 5.98. The second-order valence-corrected chi connectivity index (χ2v) is 4.97. The third-order valence-electron chi connectivity index (χ3n) is 3.48. The predicted octanol–water partition coefficient (Wildman–Crippen LogP) is 2.19. The second-order valence-electron chi connectivity index (χ2n) is 4.97. The van der Waals surface area contributed by atoms with Crippen molar-refractivity contribution in [2.24, 2.45) is 11.5 Å². The molecule has 8 heteroatoms. The molecule has 0 spiro atoms. The van der Waals surface area contributed by atoms with Gasteiger partial charge in [0.05, 0.1) is 17.3 Å². The summed E-state index contributed by atoms with van der Waals surface area (Å²) in [6.45, 7) is 0. The largest absolute Gasteiger partial charge is 0.429 e.